The Labute approximate surface area is 80.5 Å². The lowest BCUT2D eigenvalue weighted by Gasteiger charge is -2.31. The molecule has 0 saturated carbocycles. The molecule has 0 bridgehead atoms. The van der Waals surface area contributed by atoms with Crippen LogP contribution in [0.3, 0.4) is 0 Å². The van der Waals surface area contributed by atoms with Crippen LogP contribution in [0.4, 0.5) is 0 Å². The van der Waals surface area contributed by atoms with E-state index in [0.29, 0.717) is 13.0 Å². The number of hydrogen-bond donors (Lipinski definition) is 2. The van der Waals surface area contributed by atoms with Crippen molar-refractivity contribution in [3.8, 4) is 0 Å². The van der Waals surface area contributed by atoms with Gasteiger partial charge in [0.25, 0.3) is 0 Å². The zero-order chi connectivity index (χ0) is 10.7. The molecule has 3 nitrogen and oxygen atoms in total. The molecule has 1 amide bonds. The van der Waals surface area contributed by atoms with E-state index in [1.165, 1.54) is 6.92 Å². The average Bonchev–Trinajstić information content (AvgIpc) is 1.78. The van der Waals surface area contributed by atoms with Crippen LogP contribution in [0.2, 0.25) is 0 Å². The highest BCUT2D eigenvalue weighted by Crippen LogP contribution is 2.26. The van der Waals surface area contributed by atoms with Gasteiger partial charge in [0.1, 0.15) is 0 Å². The molecule has 0 aromatic carbocycles. The van der Waals surface area contributed by atoms with Gasteiger partial charge in [0.2, 0.25) is 5.91 Å². The zero-order valence-corrected chi connectivity index (χ0v) is 9.27. The number of nitrogens with one attached hydrogen (secondary N) is 1. The highest BCUT2D eigenvalue weighted by molar-refractivity contribution is 5.72. The lowest BCUT2D eigenvalue weighted by Crippen LogP contribution is -2.37. The normalized spacial score (nSPS) is 12.8. The van der Waals surface area contributed by atoms with Gasteiger partial charge in [-0.25, -0.2) is 0 Å². The molecular weight excluding hydrogens is 166 g/mol. The summed E-state index contributed by atoms with van der Waals surface area (Å²) < 4.78 is 0. The minimum atomic E-state index is -0.679. The van der Waals surface area contributed by atoms with Gasteiger partial charge in [-0.15, -0.1) is 0 Å². The van der Waals surface area contributed by atoms with Gasteiger partial charge in [-0.2, -0.15) is 0 Å². The second kappa shape index (κ2) is 4.09. The van der Waals surface area contributed by atoms with Gasteiger partial charge in [0, 0.05) is 13.5 Å². The monoisotopic (exact) mass is 187 g/mol. The summed E-state index contributed by atoms with van der Waals surface area (Å²) in [5.41, 5.74) is -0.744. The van der Waals surface area contributed by atoms with E-state index in [0.717, 1.165) is 0 Å². The Morgan fingerprint density at radius 3 is 2.08 bits per heavy atom. The van der Waals surface area contributed by atoms with Gasteiger partial charge in [0.05, 0.1) is 5.60 Å². The zero-order valence-electron chi connectivity index (χ0n) is 9.27. The van der Waals surface area contributed by atoms with Crippen LogP contribution in [0.1, 0.15) is 41.0 Å². The summed E-state index contributed by atoms with van der Waals surface area (Å²) in [6.45, 7) is 9.72. The van der Waals surface area contributed by atoms with Gasteiger partial charge >= 0.3 is 0 Å². The third kappa shape index (κ3) is 7.78. The molecular formula is C10H21NO2. The Bertz CT molecular complexity index is 180. The number of aliphatic hydroxyl groups is 1. The Morgan fingerprint density at radius 2 is 1.77 bits per heavy atom. The summed E-state index contributed by atoms with van der Waals surface area (Å²) >= 11 is 0. The van der Waals surface area contributed by atoms with E-state index in [1.54, 1.807) is 13.8 Å². The molecule has 0 aliphatic carbocycles. The van der Waals surface area contributed by atoms with Crippen molar-refractivity contribution in [1.82, 2.24) is 5.32 Å². The number of hydrogen-bond acceptors (Lipinski definition) is 2. The molecule has 3 heteroatoms. The van der Waals surface area contributed by atoms with Crippen LogP contribution in [-0.4, -0.2) is 23.2 Å². The fraction of sp³-hybridized carbons (Fsp3) is 0.900. The molecule has 78 valence electrons. The first kappa shape index (κ1) is 12.4. The summed E-state index contributed by atoms with van der Waals surface area (Å²) in [5, 5.41) is 12.4. The van der Waals surface area contributed by atoms with Crippen LogP contribution in [0.5, 0.6) is 0 Å². The third-order valence-electron chi connectivity index (χ3n) is 1.73. The summed E-state index contributed by atoms with van der Waals surface area (Å²) in [7, 11) is 0. The minimum absolute atomic E-state index is 0.0242. The predicted octanol–water partition coefficient (Wildman–Crippen LogP) is 1.31. The lowest BCUT2D eigenvalue weighted by molar-refractivity contribution is -0.119. The number of carbonyl (C=O) groups is 1. The minimum Gasteiger partial charge on any atom is -0.390 e. The molecule has 0 aromatic rings. The maximum atomic E-state index is 10.7. The fourth-order valence-electron chi connectivity index (χ4n) is 1.60. The summed E-state index contributed by atoms with van der Waals surface area (Å²) in [6, 6.07) is 0. The first-order valence-electron chi connectivity index (χ1n) is 4.59. The SMILES string of the molecule is CC(=O)NCC(C)(C)CC(C)(C)O. The third-order valence-corrected chi connectivity index (χ3v) is 1.73. The second-order valence-electron chi connectivity index (χ2n) is 5.06. The second-order valence-corrected chi connectivity index (χ2v) is 5.06. The molecule has 0 rings (SSSR count). The molecule has 13 heavy (non-hydrogen) atoms. The van der Waals surface area contributed by atoms with Gasteiger partial charge in [0.15, 0.2) is 0 Å². The van der Waals surface area contributed by atoms with Crippen molar-refractivity contribution in [2.75, 3.05) is 6.54 Å². The van der Waals surface area contributed by atoms with Crippen molar-refractivity contribution >= 4 is 5.91 Å². The van der Waals surface area contributed by atoms with E-state index in [9.17, 15) is 9.90 Å². The molecule has 0 unspecified atom stereocenters. The van der Waals surface area contributed by atoms with Crippen molar-refractivity contribution < 1.29 is 9.90 Å². The molecule has 0 fully saturated rings. The number of amides is 1. The van der Waals surface area contributed by atoms with E-state index in [1.807, 2.05) is 13.8 Å². The molecule has 0 heterocycles. The van der Waals surface area contributed by atoms with E-state index in [-0.39, 0.29) is 11.3 Å². The molecule has 0 aliphatic rings. The average molecular weight is 187 g/mol. The largest absolute Gasteiger partial charge is 0.390 e. The highest BCUT2D eigenvalue weighted by atomic mass is 16.3. The number of carbonyl (C=O) groups excluding carboxylic acids is 1. The van der Waals surface area contributed by atoms with Crippen LogP contribution in [-0.2, 0) is 4.79 Å². The van der Waals surface area contributed by atoms with E-state index >= 15 is 0 Å². The van der Waals surface area contributed by atoms with Gasteiger partial charge in [-0.05, 0) is 25.7 Å². The van der Waals surface area contributed by atoms with Crippen molar-refractivity contribution in [3.05, 3.63) is 0 Å². The highest BCUT2D eigenvalue weighted by Gasteiger charge is 2.26. The summed E-state index contributed by atoms with van der Waals surface area (Å²) in [4.78, 5) is 10.7. The molecule has 0 saturated heterocycles. The Hall–Kier alpha value is -0.570. The van der Waals surface area contributed by atoms with Crippen molar-refractivity contribution in [3.63, 3.8) is 0 Å². The molecule has 0 radical (unpaired) electrons. The van der Waals surface area contributed by atoms with Crippen LogP contribution in [0.15, 0.2) is 0 Å². The van der Waals surface area contributed by atoms with E-state index in [2.05, 4.69) is 5.32 Å². The summed E-state index contributed by atoms with van der Waals surface area (Å²) in [6.07, 6.45) is 0.667. The fourth-order valence-corrected chi connectivity index (χ4v) is 1.60. The van der Waals surface area contributed by atoms with Crippen LogP contribution < -0.4 is 5.32 Å². The topological polar surface area (TPSA) is 49.3 Å². The van der Waals surface area contributed by atoms with Crippen LogP contribution in [0.25, 0.3) is 0 Å². The van der Waals surface area contributed by atoms with Gasteiger partial charge < -0.3 is 10.4 Å². The molecule has 0 atom stereocenters. The Kier molecular flexibility index (Phi) is 3.91. The maximum absolute atomic E-state index is 10.7. The molecule has 2 N–H and O–H groups in total. The van der Waals surface area contributed by atoms with Crippen molar-refractivity contribution in [2.45, 2.75) is 46.6 Å². The van der Waals surface area contributed by atoms with E-state index < -0.39 is 5.60 Å². The standard InChI is InChI=1S/C10H21NO2/c1-8(12)11-7-9(2,3)6-10(4,5)13/h13H,6-7H2,1-5H3,(H,11,12). The lowest BCUT2D eigenvalue weighted by atomic mass is 9.82. The first-order chi connectivity index (χ1) is 5.62. The van der Waals surface area contributed by atoms with Crippen molar-refractivity contribution in [2.24, 2.45) is 5.41 Å². The van der Waals surface area contributed by atoms with Crippen LogP contribution >= 0.6 is 0 Å². The molecule has 0 aliphatic heterocycles. The molecule has 0 aromatic heterocycles. The maximum Gasteiger partial charge on any atom is 0.216 e. The van der Waals surface area contributed by atoms with Crippen LogP contribution in [0, 0.1) is 5.41 Å². The number of rotatable bonds is 4. The van der Waals surface area contributed by atoms with Crippen molar-refractivity contribution in [1.29, 1.82) is 0 Å². The van der Waals surface area contributed by atoms with Gasteiger partial charge in [-0.3, -0.25) is 4.79 Å². The Morgan fingerprint density at radius 1 is 1.31 bits per heavy atom. The Balaban J connectivity index is 4.01. The van der Waals surface area contributed by atoms with E-state index in [4.69, 9.17) is 0 Å². The molecule has 0 spiro atoms. The smallest absolute Gasteiger partial charge is 0.216 e. The first-order valence-corrected chi connectivity index (χ1v) is 4.59. The van der Waals surface area contributed by atoms with Gasteiger partial charge in [-0.1, -0.05) is 13.8 Å². The predicted molar refractivity (Wildman–Crippen MR) is 53.4 cm³/mol. The summed E-state index contributed by atoms with van der Waals surface area (Å²) in [5.74, 6) is -0.0242. The quantitative estimate of drug-likeness (QED) is 0.697.